The lowest BCUT2D eigenvalue weighted by Crippen LogP contribution is -2.43. The number of likely N-dealkylation sites (tertiary alicyclic amines) is 1. The number of sulfone groups is 1. The van der Waals surface area contributed by atoms with Crippen molar-refractivity contribution in [3.63, 3.8) is 0 Å². The molecule has 1 aliphatic heterocycles. The van der Waals surface area contributed by atoms with Gasteiger partial charge in [-0.1, -0.05) is 5.16 Å². The zero-order valence-electron chi connectivity index (χ0n) is 15.0. The van der Waals surface area contributed by atoms with E-state index in [-0.39, 0.29) is 16.8 Å². The maximum absolute atomic E-state index is 12.0. The Kier molecular flexibility index (Phi) is 4.99. The number of nitrogens with zero attached hydrogens (tertiary/aromatic N) is 4. The zero-order valence-corrected chi connectivity index (χ0v) is 15.9. The molecular formula is C17H22N4O4S. The summed E-state index contributed by atoms with van der Waals surface area (Å²) in [6.45, 7) is 1.31. The smallest absolute Gasteiger partial charge is 0.319 e. The van der Waals surface area contributed by atoms with Gasteiger partial charge in [0, 0.05) is 44.9 Å². The number of urea groups is 1. The van der Waals surface area contributed by atoms with Gasteiger partial charge in [0.2, 0.25) is 11.7 Å². The Labute approximate surface area is 152 Å². The molecule has 0 atom stereocenters. The second-order valence-corrected chi connectivity index (χ2v) is 8.71. The van der Waals surface area contributed by atoms with Crippen molar-refractivity contribution >= 4 is 15.9 Å². The summed E-state index contributed by atoms with van der Waals surface area (Å²) in [7, 11) is 0.256. The SMILES string of the molecule is CN(C)C(=O)N1CCC(c2nc(-c3ccc(S(C)(=O)=O)cc3)no2)CC1. The third kappa shape index (κ3) is 3.87. The number of carbonyl (C=O) groups is 1. The Morgan fingerprint density at radius 3 is 2.35 bits per heavy atom. The maximum Gasteiger partial charge on any atom is 0.319 e. The fourth-order valence-electron chi connectivity index (χ4n) is 2.97. The first-order chi connectivity index (χ1) is 12.3. The van der Waals surface area contributed by atoms with Crippen molar-refractivity contribution in [1.82, 2.24) is 19.9 Å². The number of hydrogen-bond donors (Lipinski definition) is 0. The van der Waals surface area contributed by atoms with Crippen LogP contribution in [0.4, 0.5) is 4.79 Å². The first-order valence-electron chi connectivity index (χ1n) is 8.36. The minimum atomic E-state index is -3.23. The van der Waals surface area contributed by atoms with E-state index in [1.54, 1.807) is 31.1 Å². The van der Waals surface area contributed by atoms with E-state index in [1.165, 1.54) is 18.4 Å². The van der Waals surface area contributed by atoms with Crippen molar-refractivity contribution in [2.24, 2.45) is 0 Å². The minimum absolute atomic E-state index is 0.0145. The second-order valence-electron chi connectivity index (χ2n) is 6.69. The van der Waals surface area contributed by atoms with Crippen LogP contribution in [0, 0.1) is 0 Å². The molecule has 0 bridgehead atoms. The third-order valence-electron chi connectivity index (χ3n) is 4.48. The summed E-state index contributed by atoms with van der Waals surface area (Å²) >= 11 is 0. The Bertz CT molecular complexity index is 882. The van der Waals surface area contributed by atoms with E-state index >= 15 is 0 Å². The van der Waals surface area contributed by atoms with E-state index in [1.807, 2.05) is 4.90 Å². The van der Waals surface area contributed by atoms with Gasteiger partial charge in [-0.25, -0.2) is 13.2 Å². The lowest BCUT2D eigenvalue weighted by Gasteiger charge is -2.32. The van der Waals surface area contributed by atoms with Crippen molar-refractivity contribution < 1.29 is 17.7 Å². The quantitative estimate of drug-likeness (QED) is 0.810. The Morgan fingerprint density at radius 1 is 1.19 bits per heavy atom. The van der Waals surface area contributed by atoms with Crippen LogP contribution in [0.15, 0.2) is 33.7 Å². The minimum Gasteiger partial charge on any atom is -0.339 e. The van der Waals surface area contributed by atoms with Crippen LogP contribution in [0.5, 0.6) is 0 Å². The highest BCUT2D eigenvalue weighted by Gasteiger charge is 2.28. The molecule has 8 nitrogen and oxygen atoms in total. The van der Waals surface area contributed by atoms with Gasteiger partial charge in [0.1, 0.15) is 0 Å². The second kappa shape index (κ2) is 7.06. The Balaban J connectivity index is 1.68. The molecule has 1 saturated heterocycles. The van der Waals surface area contributed by atoms with Crippen LogP contribution in [0.25, 0.3) is 11.4 Å². The lowest BCUT2D eigenvalue weighted by atomic mass is 9.97. The number of rotatable bonds is 3. The summed E-state index contributed by atoms with van der Waals surface area (Å²) in [5.74, 6) is 1.12. The predicted molar refractivity (Wildman–Crippen MR) is 95.5 cm³/mol. The van der Waals surface area contributed by atoms with Crippen molar-refractivity contribution in [1.29, 1.82) is 0 Å². The highest BCUT2D eigenvalue weighted by molar-refractivity contribution is 7.90. The van der Waals surface area contributed by atoms with E-state index in [0.717, 1.165) is 12.8 Å². The van der Waals surface area contributed by atoms with E-state index in [4.69, 9.17) is 4.52 Å². The number of piperidine rings is 1. The molecule has 26 heavy (non-hydrogen) atoms. The van der Waals surface area contributed by atoms with E-state index in [2.05, 4.69) is 10.1 Å². The molecule has 9 heteroatoms. The van der Waals surface area contributed by atoms with E-state index < -0.39 is 9.84 Å². The van der Waals surface area contributed by atoms with Gasteiger partial charge < -0.3 is 14.3 Å². The molecule has 0 unspecified atom stereocenters. The number of benzene rings is 1. The molecule has 2 heterocycles. The first kappa shape index (κ1) is 18.4. The van der Waals surface area contributed by atoms with Gasteiger partial charge in [0.25, 0.3) is 0 Å². The number of aromatic nitrogens is 2. The standard InChI is InChI=1S/C17H22N4O4S/c1-20(2)17(22)21-10-8-13(9-11-21)16-18-15(19-25-16)12-4-6-14(7-5-12)26(3,23)24/h4-7,13H,8-11H2,1-3H3. The van der Waals surface area contributed by atoms with Crippen molar-refractivity contribution in [2.75, 3.05) is 33.4 Å². The maximum atomic E-state index is 12.0. The first-order valence-corrected chi connectivity index (χ1v) is 10.2. The molecule has 3 rings (SSSR count). The van der Waals surface area contributed by atoms with E-state index in [9.17, 15) is 13.2 Å². The monoisotopic (exact) mass is 378 g/mol. The third-order valence-corrected chi connectivity index (χ3v) is 5.61. The van der Waals surface area contributed by atoms with Gasteiger partial charge in [-0.15, -0.1) is 0 Å². The molecular weight excluding hydrogens is 356 g/mol. The molecule has 0 radical (unpaired) electrons. The number of amides is 2. The number of hydrogen-bond acceptors (Lipinski definition) is 6. The summed E-state index contributed by atoms with van der Waals surface area (Å²) in [6.07, 6.45) is 2.71. The van der Waals surface area contributed by atoms with Gasteiger partial charge in [-0.2, -0.15) is 4.98 Å². The Morgan fingerprint density at radius 2 is 1.81 bits per heavy atom. The molecule has 0 aliphatic carbocycles. The molecule has 1 aliphatic rings. The molecule has 2 aromatic rings. The predicted octanol–water partition coefficient (Wildman–Crippen LogP) is 2.00. The van der Waals surface area contributed by atoms with Crippen molar-refractivity contribution in [3.05, 3.63) is 30.2 Å². The molecule has 2 amide bonds. The zero-order chi connectivity index (χ0) is 18.9. The van der Waals surface area contributed by atoms with Crippen LogP contribution in [-0.2, 0) is 9.84 Å². The van der Waals surface area contributed by atoms with Crippen molar-refractivity contribution in [3.8, 4) is 11.4 Å². The summed E-state index contributed by atoms with van der Waals surface area (Å²) in [5.41, 5.74) is 0.702. The summed E-state index contributed by atoms with van der Waals surface area (Å²) in [6, 6.07) is 6.42. The van der Waals surface area contributed by atoms with Gasteiger partial charge in [0.05, 0.1) is 4.90 Å². The largest absolute Gasteiger partial charge is 0.339 e. The average Bonchev–Trinajstić information content (AvgIpc) is 3.10. The number of carbonyl (C=O) groups excluding carboxylic acids is 1. The van der Waals surface area contributed by atoms with Crippen LogP contribution in [0.3, 0.4) is 0 Å². The summed E-state index contributed by atoms with van der Waals surface area (Å²) < 4.78 is 28.5. The fourth-order valence-corrected chi connectivity index (χ4v) is 3.60. The Hall–Kier alpha value is -2.42. The van der Waals surface area contributed by atoms with Crippen LogP contribution >= 0.6 is 0 Å². The highest BCUT2D eigenvalue weighted by Crippen LogP contribution is 2.29. The van der Waals surface area contributed by atoms with Gasteiger partial charge in [-0.3, -0.25) is 0 Å². The summed E-state index contributed by atoms with van der Waals surface area (Å²) in [5, 5.41) is 4.01. The average molecular weight is 378 g/mol. The van der Waals surface area contributed by atoms with Gasteiger partial charge >= 0.3 is 6.03 Å². The van der Waals surface area contributed by atoms with Crippen LogP contribution < -0.4 is 0 Å². The molecule has 0 spiro atoms. The van der Waals surface area contributed by atoms with Gasteiger partial charge in [-0.05, 0) is 37.1 Å². The normalized spacial score (nSPS) is 15.9. The fraction of sp³-hybridized carbons (Fsp3) is 0.471. The molecule has 1 aromatic carbocycles. The van der Waals surface area contributed by atoms with Crippen LogP contribution in [-0.4, -0.2) is 67.8 Å². The molecule has 0 saturated carbocycles. The molecule has 1 aromatic heterocycles. The van der Waals surface area contributed by atoms with Gasteiger partial charge in [0.15, 0.2) is 9.84 Å². The van der Waals surface area contributed by atoms with Crippen molar-refractivity contribution in [2.45, 2.75) is 23.7 Å². The molecule has 140 valence electrons. The van der Waals surface area contributed by atoms with Crippen LogP contribution in [0.1, 0.15) is 24.7 Å². The topological polar surface area (TPSA) is 96.6 Å². The highest BCUT2D eigenvalue weighted by atomic mass is 32.2. The lowest BCUT2D eigenvalue weighted by molar-refractivity contribution is 0.152. The summed E-state index contributed by atoms with van der Waals surface area (Å²) in [4.78, 5) is 20.1. The van der Waals surface area contributed by atoms with Crippen LogP contribution in [0.2, 0.25) is 0 Å². The molecule has 1 fully saturated rings. The van der Waals surface area contributed by atoms with E-state index in [0.29, 0.717) is 30.4 Å². The molecule has 0 N–H and O–H groups in total.